The van der Waals surface area contributed by atoms with E-state index in [1.54, 1.807) is 0 Å². The van der Waals surface area contributed by atoms with E-state index in [1.807, 2.05) is 12.5 Å². The zero-order valence-electron chi connectivity index (χ0n) is 10.0. The van der Waals surface area contributed by atoms with Crippen molar-refractivity contribution in [2.75, 3.05) is 5.32 Å². The lowest BCUT2D eigenvalue weighted by atomic mass is 10.3. The zero-order valence-corrected chi connectivity index (χ0v) is 11.5. The fourth-order valence-electron chi connectivity index (χ4n) is 2.04. The Bertz CT molecular complexity index is 585. The van der Waals surface area contributed by atoms with Crippen molar-refractivity contribution in [3.05, 3.63) is 46.2 Å². The molecule has 0 radical (unpaired) electrons. The maximum absolute atomic E-state index is 13.1. The monoisotopic (exact) mass is 299 g/mol. The molecule has 1 heterocycles. The number of halogens is 3. The van der Waals surface area contributed by atoms with Gasteiger partial charge in [0.15, 0.2) is 0 Å². The van der Waals surface area contributed by atoms with Crippen molar-refractivity contribution in [3.8, 4) is 0 Å². The van der Waals surface area contributed by atoms with Gasteiger partial charge in [-0.25, -0.2) is 9.37 Å². The third-order valence-electron chi connectivity index (χ3n) is 3.14. The lowest BCUT2D eigenvalue weighted by Gasteiger charge is -2.12. The predicted molar refractivity (Wildman–Crippen MR) is 74.2 cm³/mol. The first-order chi connectivity index (χ1) is 9.15. The van der Waals surface area contributed by atoms with Gasteiger partial charge in [-0.15, -0.1) is 0 Å². The zero-order chi connectivity index (χ0) is 13.4. The highest BCUT2D eigenvalue weighted by Gasteiger charge is 2.25. The Balaban J connectivity index is 1.77. The molecule has 0 atom stereocenters. The van der Waals surface area contributed by atoms with Crippen molar-refractivity contribution in [1.82, 2.24) is 9.55 Å². The molecule has 0 saturated heterocycles. The number of nitrogens with one attached hydrogen (secondary N) is 1. The first-order valence-electron chi connectivity index (χ1n) is 6.04. The normalized spacial score (nSPS) is 14.7. The summed E-state index contributed by atoms with van der Waals surface area (Å²) in [5, 5.41) is 3.70. The van der Waals surface area contributed by atoms with Crippen LogP contribution in [-0.2, 0) is 6.54 Å². The topological polar surface area (TPSA) is 29.9 Å². The third kappa shape index (κ3) is 2.69. The molecule has 1 aromatic heterocycles. The average Bonchev–Trinajstić information content (AvgIpc) is 3.08. The Morgan fingerprint density at radius 1 is 1.32 bits per heavy atom. The van der Waals surface area contributed by atoms with Crippen LogP contribution in [-0.4, -0.2) is 9.55 Å². The molecule has 19 heavy (non-hydrogen) atoms. The van der Waals surface area contributed by atoms with Gasteiger partial charge in [0.25, 0.3) is 0 Å². The minimum absolute atomic E-state index is 0.280. The number of benzene rings is 1. The molecule has 0 aliphatic heterocycles. The van der Waals surface area contributed by atoms with E-state index in [0.717, 1.165) is 5.69 Å². The second-order valence-corrected chi connectivity index (χ2v) is 5.44. The number of anilines is 1. The number of imidazole rings is 1. The van der Waals surface area contributed by atoms with Crippen LogP contribution in [0.5, 0.6) is 0 Å². The van der Waals surface area contributed by atoms with Crippen LogP contribution in [0.4, 0.5) is 10.1 Å². The van der Waals surface area contributed by atoms with Crippen LogP contribution < -0.4 is 5.32 Å². The van der Waals surface area contributed by atoms with Crippen molar-refractivity contribution in [1.29, 1.82) is 0 Å². The minimum Gasteiger partial charge on any atom is -0.377 e. The summed E-state index contributed by atoms with van der Waals surface area (Å²) in [6.07, 6.45) is 6.04. The number of hydrogen-bond donors (Lipinski definition) is 1. The summed E-state index contributed by atoms with van der Waals surface area (Å²) >= 11 is 12.0. The number of nitrogens with zero attached hydrogens (tertiary/aromatic N) is 2. The molecule has 1 aliphatic carbocycles. The SMILES string of the molecule is Fc1cc(Cl)c(NCc2cncn2C2CC2)c(Cl)c1. The molecule has 3 nitrogen and oxygen atoms in total. The van der Waals surface area contributed by atoms with E-state index in [2.05, 4.69) is 14.9 Å². The maximum Gasteiger partial charge on any atom is 0.126 e. The molecule has 1 N–H and O–H groups in total. The third-order valence-corrected chi connectivity index (χ3v) is 3.74. The van der Waals surface area contributed by atoms with Gasteiger partial charge in [-0.05, 0) is 25.0 Å². The van der Waals surface area contributed by atoms with Crippen molar-refractivity contribution < 1.29 is 4.39 Å². The predicted octanol–water partition coefficient (Wildman–Crippen LogP) is 4.28. The Morgan fingerprint density at radius 2 is 2.00 bits per heavy atom. The lowest BCUT2D eigenvalue weighted by Crippen LogP contribution is -2.06. The van der Waals surface area contributed by atoms with Crippen LogP contribution in [0.15, 0.2) is 24.7 Å². The van der Waals surface area contributed by atoms with E-state index in [0.29, 0.717) is 18.3 Å². The van der Waals surface area contributed by atoms with Crippen LogP contribution in [0.25, 0.3) is 0 Å². The second kappa shape index (κ2) is 5.02. The first kappa shape index (κ1) is 12.8. The molecule has 1 saturated carbocycles. The van der Waals surface area contributed by atoms with E-state index >= 15 is 0 Å². The van der Waals surface area contributed by atoms with Crippen LogP contribution in [0.1, 0.15) is 24.6 Å². The van der Waals surface area contributed by atoms with Crippen LogP contribution in [0, 0.1) is 5.82 Å². The summed E-state index contributed by atoms with van der Waals surface area (Å²) in [4.78, 5) is 4.15. The molecule has 1 aliphatic rings. The highest BCUT2D eigenvalue weighted by Crippen LogP contribution is 2.36. The van der Waals surface area contributed by atoms with Crippen molar-refractivity contribution in [2.24, 2.45) is 0 Å². The Hall–Kier alpha value is -1.26. The van der Waals surface area contributed by atoms with Crippen molar-refractivity contribution in [2.45, 2.75) is 25.4 Å². The largest absolute Gasteiger partial charge is 0.377 e. The molecule has 6 heteroatoms. The van der Waals surface area contributed by atoms with Gasteiger partial charge in [0.05, 0.1) is 34.3 Å². The summed E-state index contributed by atoms with van der Waals surface area (Å²) in [6.45, 7) is 0.557. The highest BCUT2D eigenvalue weighted by atomic mass is 35.5. The molecule has 100 valence electrons. The van der Waals surface area contributed by atoms with Gasteiger partial charge >= 0.3 is 0 Å². The lowest BCUT2D eigenvalue weighted by molar-refractivity contribution is 0.628. The maximum atomic E-state index is 13.1. The molecule has 2 aromatic rings. The Morgan fingerprint density at radius 3 is 2.63 bits per heavy atom. The van der Waals surface area contributed by atoms with E-state index in [-0.39, 0.29) is 10.0 Å². The number of rotatable bonds is 4. The van der Waals surface area contributed by atoms with Crippen LogP contribution >= 0.6 is 23.2 Å². The summed E-state index contributed by atoms with van der Waals surface area (Å²) in [7, 11) is 0. The van der Waals surface area contributed by atoms with Gasteiger partial charge in [-0.3, -0.25) is 0 Å². The average molecular weight is 300 g/mol. The molecular formula is C13H12Cl2FN3. The smallest absolute Gasteiger partial charge is 0.126 e. The number of hydrogen-bond acceptors (Lipinski definition) is 2. The molecule has 3 rings (SSSR count). The minimum atomic E-state index is -0.441. The van der Waals surface area contributed by atoms with E-state index in [1.165, 1.54) is 25.0 Å². The Labute approximate surface area is 120 Å². The second-order valence-electron chi connectivity index (χ2n) is 4.62. The fraction of sp³-hybridized carbons (Fsp3) is 0.308. The van der Waals surface area contributed by atoms with Gasteiger partial charge in [-0.2, -0.15) is 0 Å². The molecule has 0 spiro atoms. The summed E-state index contributed by atoms with van der Waals surface area (Å²) in [5.41, 5.74) is 1.62. The molecule has 0 unspecified atom stereocenters. The first-order valence-corrected chi connectivity index (χ1v) is 6.80. The standard InChI is InChI=1S/C13H12Cl2FN3/c14-11-3-8(16)4-12(15)13(11)18-6-10-5-17-7-19(10)9-1-2-9/h3-5,7,9,18H,1-2,6H2. The van der Waals surface area contributed by atoms with Crippen molar-refractivity contribution in [3.63, 3.8) is 0 Å². The fourth-order valence-corrected chi connectivity index (χ4v) is 2.63. The molecule has 1 aromatic carbocycles. The summed E-state index contributed by atoms with van der Waals surface area (Å²) in [5.74, 6) is -0.441. The van der Waals surface area contributed by atoms with Gasteiger partial charge in [0.2, 0.25) is 0 Å². The molecule has 0 bridgehead atoms. The molecule has 0 amide bonds. The van der Waals surface area contributed by atoms with Gasteiger partial charge < -0.3 is 9.88 Å². The quantitative estimate of drug-likeness (QED) is 0.913. The summed E-state index contributed by atoms with van der Waals surface area (Å²) in [6, 6.07) is 3.06. The van der Waals surface area contributed by atoms with Gasteiger partial charge in [0.1, 0.15) is 5.82 Å². The van der Waals surface area contributed by atoms with Gasteiger partial charge in [0, 0.05) is 12.2 Å². The van der Waals surface area contributed by atoms with E-state index < -0.39 is 5.82 Å². The van der Waals surface area contributed by atoms with Gasteiger partial charge in [-0.1, -0.05) is 23.2 Å². The number of aromatic nitrogens is 2. The highest BCUT2D eigenvalue weighted by molar-refractivity contribution is 6.39. The van der Waals surface area contributed by atoms with Crippen molar-refractivity contribution >= 4 is 28.9 Å². The van der Waals surface area contributed by atoms with E-state index in [4.69, 9.17) is 23.2 Å². The van der Waals surface area contributed by atoms with E-state index in [9.17, 15) is 4.39 Å². The molecular weight excluding hydrogens is 288 g/mol. The Kier molecular flexibility index (Phi) is 3.37. The van der Waals surface area contributed by atoms with Crippen LogP contribution in [0.3, 0.4) is 0 Å². The summed E-state index contributed by atoms with van der Waals surface area (Å²) < 4.78 is 15.2. The van der Waals surface area contributed by atoms with Crippen LogP contribution in [0.2, 0.25) is 10.0 Å². The molecule has 1 fully saturated rings.